The standard InChI is InChI=1S/C16H21N5O.C6H7N.CHF3/c1-10-11(2)18-15-14(17-10)13(12-4-3-5-12)19-16(20-15)21-6-8-22-9-7-21;1-6-4-2-3-5-7-6;2-1(3)4/h12H,3-9H2,1-2H3;2-5H,1H3;1H. The topological polar surface area (TPSA) is 76.9 Å². The average molecular weight is 463 g/mol. The Kier molecular flexibility index (Phi) is 8.87. The Labute approximate surface area is 191 Å². The maximum atomic E-state index is 9.67. The van der Waals surface area contributed by atoms with Crippen molar-refractivity contribution in [1.29, 1.82) is 0 Å². The molecule has 1 aliphatic carbocycles. The third-order valence-electron chi connectivity index (χ3n) is 5.56. The second-order valence-corrected chi connectivity index (χ2v) is 7.92. The predicted octanol–water partition coefficient (Wildman–Crippen LogP) is 4.71. The van der Waals surface area contributed by atoms with Gasteiger partial charge < -0.3 is 9.64 Å². The van der Waals surface area contributed by atoms with Crippen LogP contribution in [-0.4, -0.2) is 57.9 Å². The number of halogens is 3. The average Bonchev–Trinajstić information content (AvgIpc) is 2.75. The molecule has 1 saturated carbocycles. The summed E-state index contributed by atoms with van der Waals surface area (Å²) in [5, 5.41) is 0. The maximum Gasteiger partial charge on any atom is 0.379 e. The SMILES string of the molecule is Cc1ccccn1.Cc1nc2nc(N3CCOCC3)nc(C3CCC3)c2nc1C.FC(F)F. The maximum absolute atomic E-state index is 9.67. The first-order chi connectivity index (χ1) is 15.8. The van der Waals surface area contributed by atoms with Gasteiger partial charge in [-0.05, 0) is 45.7 Å². The fourth-order valence-electron chi connectivity index (χ4n) is 3.44. The van der Waals surface area contributed by atoms with E-state index in [-0.39, 0.29) is 0 Å². The lowest BCUT2D eigenvalue weighted by Gasteiger charge is -2.29. The van der Waals surface area contributed by atoms with Crippen molar-refractivity contribution in [2.24, 2.45) is 0 Å². The molecular formula is C23H29F3N6O. The molecule has 0 N–H and O–H groups in total. The van der Waals surface area contributed by atoms with Gasteiger partial charge in [0.25, 0.3) is 0 Å². The van der Waals surface area contributed by atoms with Gasteiger partial charge in [-0.25, -0.2) is 15.0 Å². The van der Waals surface area contributed by atoms with Gasteiger partial charge in [0.1, 0.15) is 5.52 Å². The van der Waals surface area contributed by atoms with Crippen LogP contribution in [0, 0.1) is 20.8 Å². The van der Waals surface area contributed by atoms with Crippen LogP contribution in [0.5, 0.6) is 0 Å². The van der Waals surface area contributed by atoms with Gasteiger partial charge in [-0.15, -0.1) is 0 Å². The highest BCUT2D eigenvalue weighted by Gasteiger charge is 2.27. The van der Waals surface area contributed by atoms with E-state index in [0.717, 1.165) is 66.2 Å². The van der Waals surface area contributed by atoms with E-state index in [1.807, 2.05) is 39.0 Å². The molecule has 0 amide bonds. The molecule has 0 aromatic carbocycles. The molecule has 1 aliphatic heterocycles. The second-order valence-electron chi connectivity index (χ2n) is 7.92. The molecule has 0 atom stereocenters. The van der Waals surface area contributed by atoms with Crippen LogP contribution in [0.2, 0.25) is 0 Å². The molecule has 2 aliphatic rings. The Bertz CT molecular complexity index is 1020. The van der Waals surface area contributed by atoms with Crippen LogP contribution in [0.1, 0.15) is 48.0 Å². The fourth-order valence-corrected chi connectivity index (χ4v) is 3.44. The highest BCUT2D eigenvalue weighted by Crippen LogP contribution is 2.38. The van der Waals surface area contributed by atoms with Crippen molar-refractivity contribution in [2.45, 2.75) is 52.6 Å². The predicted molar refractivity (Wildman–Crippen MR) is 120 cm³/mol. The number of aryl methyl sites for hydroxylation is 3. The number of alkyl halides is 3. The van der Waals surface area contributed by atoms with Gasteiger partial charge in [0.05, 0.1) is 30.3 Å². The zero-order chi connectivity index (χ0) is 23.8. The molecule has 2 fully saturated rings. The summed E-state index contributed by atoms with van der Waals surface area (Å²) in [6, 6.07) is 5.86. The second kappa shape index (κ2) is 11.8. The molecule has 3 aromatic heterocycles. The first kappa shape index (κ1) is 24.8. The number of hydrogen-bond acceptors (Lipinski definition) is 7. The van der Waals surface area contributed by atoms with Gasteiger partial charge in [-0.1, -0.05) is 12.5 Å². The Morgan fingerprint density at radius 2 is 1.61 bits per heavy atom. The lowest BCUT2D eigenvalue weighted by atomic mass is 9.82. The number of ether oxygens (including phenoxy) is 1. The van der Waals surface area contributed by atoms with Crippen molar-refractivity contribution in [3.05, 3.63) is 47.2 Å². The van der Waals surface area contributed by atoms with Crippen LogP contribution < -0.4 is 4.90 Å². The Morgan fingerprint density at radius 1 is 0.939 bits per heavy atom. The molecular weight excluding hydrogens is 433 g/mol. The van der Waals surface area contributed by atoms with Gasteiger partial charge in [0.2, 0.25) is 5.95 Å². The smallest absolute Gasteiger partial charge is 0.378 e. The molecule has 33 heavy (non-hydrogen) atoms. The number of pyridine rings is 1. The minimum atomic E-state index is -3.67. The van der Waals surface area contributed by atoms with Crippen LogP contribution >= 0.6 is 0 Å². The fraction of sp³-hybridized carbons (Fsp3) is 0.522. The number of fused-ring (bicyclic) bond motifs is 1. The molecule has 4 heterocycles. The number of hydrogen-bond donors (Lipinski definition) is 0. The van der Waals surface area contributed by atoms with Crippen LogP contribution in [0.15, 0.2) is 24.4 Å². The lowest BCUT2D eigenvalue weighted by molar-refractivity contribution is 0.00819. The monoisotopic (exact) mass is 462 g/mol. The molecule has 0 spiro atoms. The van der Waals surface area contributed by atoms with Gasteiger partial charge in [-0.3, -0.25) is 4.98 Å². The summed E-state index contributed by atoms with van der Waals surface area (Å²) in [6.07, 6.45) is 5.46. The lowest BCUT2D eigenvalue weighted by Crippen LogP contribution is -2.37. The largest absolute Gasteiger partial charge is 0.379 e. The van der Waals surface area contributed by atoms with Crippen molar-refractivity contribution in [2.75, 3.05) is 31.2 Å². The molecule has 0 bridgehead atoms. The van der Waals surface area contributed by atoms with E-state index in [9.17, 15) is 13.2 Å². The van der Waals surface area contributed by atoms with Crippen LogP contribution in [0.4, 0.5) is 19.1 Å². The van der Waals surface area contributed by atoms with E-state index in [2.05, 4.69) is 19.9 Å². The number of nitrogens with zero attached hydrogens (tertiary/aromatic N) is 6. The minimum absolute atomic E-state index is 0.515. The Balaban J connectivity index is 0.000000231. The number of anilines is 1. The van der Waals surface area contributed by atoms with Gasteiger partial charge >= 0.3 is 6.68 Å². The number of rotatable bonds is 2. The van der Waals surface area contributed by atoms with E-state index < -0.39 is 6.68 Å². The molecule has 178 valence electrons. The highest BCUT2D eigenvalue weighted by atomic mass is 19.4. The minimum Gasteiger partial charge on any atom is -0.378 e. The number of aromatic nitrogens is 5. The summed E-state index contributed by atoms with van der Waals surface area (Å²) >= 11 is 0. The van der Waals surface area contributed by atoms with Gasteiger partial charge in [0.15, 0.2) is 5.65 Å². The van der Waals surface area contributed by atoms with Crippen LogP contribution in [0.3, 0.4) is 0 Å². The summed E-state index contributed by atoms with van der Waals surface area (Å²) < 4.78 is 34.4. The van der Waals surface area contributed by atoms with Crippen molar-refractivity contribution in [1.82, 2.24) is 24.9 Å². The highest BCUT2D eigenvalue weighted by molar-refractivity contribution is 5.75. The molecule has 1 saturated heterocycles. The van der Waals surface area contributed by atoms with Crippen molar-refractivity contribution >= 4 is 17.1 Å². The van der Waals surface area contributed by atoms with E-state index in [4.69, 9.17) is 14.7 Å². The molecule has 7 nitrogen and oxygen atoms in total. The van der Waals surface area contributed by atoms with Crippen LogP contribution in [-0.2, 0) is 4.74 Å². The normalized spacial score (nSPS) is 15.9. The Morgan fingerprint density at radius 3 is 2.12 bits per heavy atom. The van der Waals surface area contributed by atoms with E-state index in [0.29, 0.717) is 5.92 Å². The van der Waals surface area contributed by atoms with Gasteiger partial charge in [-0.2, -0.15) is 18.2 Å². The van der Waals surface area contributed by atoms with Crippen LogP contribution in [0.25, 0.3) is 11.2 Å². The molecule has 0 unspecified atom stereocenters. The third kappa shape index (κ3) is 7.05. The number of morpholine rings is 1. The van der Waals surface area contributed by atoms with E-state index in [1.54, 1.807) is 6.20 Å². The van der Waals surface area contributed by atoms with E-state index in [1.165, 1.54) is 19.3 Å². The summed E-state index contributed by atoms with van der Waals surface area (Å²) in [5.41, 5.74) is 5.71. The zero-order valence-electron chi connectivity index (χ0n) is 19.1. The molecule has 0 radical (unpaired) electrons. The summed E-state index contributed by atoms with van der Waals surface area (Å²) in [6.45, 7) is 5.45. The van der Waals surface area contributed by atoms with Crippen molar-refractivity contribution in [3.8, 4) is 0 Å². The summed E-state index contributed by atoms with van der Waals surface area (Å²) in [7, 11) is 0. The molecule has 3 aromatic rings. The molecule has 5 rings (SSSR count). The summed E-state index contributed by atoms with van der Waals surface area (Å²) in [5.74, 6) is 1.30. The third-order valence-corrected chi connectivity index (χ3v) is 5.56. The first-order valence-corrected chi connectivity index (χ1v) is 11.0. The molecule has 10 heteroatoms. The van der Waals surface area contributed by atoms with Crippen molar-refractivity contribution < 1.29 is 17.9 Å². The van der Waals surface area contributed by atoms with Gasteiger partial charge in [0, 0.05) is 30.9 Å². The van der Waals surface area contributed by atoms with Crippen molar-refractivity contribution in [3.63, 3.8) is 0 Å². The van der Waals surface area contributed by atoms with E-state index >= 15 is 0 Å². The Hall–Kier alpha value is -2.88. The quantitative estimate of drug-likeness (QED) is 0.546. The zero-order valence-corrected chi connectivity index (χ0v) is 19.1. The first-order valence-electron chi connectivity index (χ1n) is 11.0. The summed E-state index contributed by atoms with van der Waals surface area (Å²) in [4.78, 5) is 25.1.